The van der Waals surface area contributed by atoms with Gasteiger partial charge in [0.25, 0.3) is 0 Å². The Hall–Kier alpha value is 0.200. The monoisotopic (exact) mass is 396 g/mol. The maximum atomic E-state index is 10.9. The first-order valence-corrected chi connectivity index (χ1v) is 9.96. The molecule has 3 heteroatoms. The molecule has 0 aliphatic heterocycles. The Balaban J connectivity index is 2.97. The van der Waals surface area contributed by atoms with Crippen molar-refractivity contribution >= 4 is 28.6 Å². The molecule has 0 unspecified atom stereocenters. The second-order valence-electron chi connectivity index (χ2n) is 5.61. The van der Waals surface area contributed by atoms with Gasteiger partial charge in [0, 0.05) is 6.42 Å². The number of carbonyl (C=O) groups is 1. The molecule has 0 aromatic carbocycles. The highest BCUT2D eigenvalue weighted by atomic mass is 127. The van der Waals surface area contributed by atoms with Crippen molar-refractivity contribution in [3.63, 3.8) is 0 Å². The van der Waals surface area contributed by atoms with Crippen molar-refractivity contribution in [2.75, 3.05) is 11.5 Å². The van der Waals surface area contributed by atoms with E-state index in [-0.39, 0.29) is 5.97 Å². The third-order valence-corrected chi connectivity index (χ3v) is 4.50. The summed E-state index contributed by atoms with van der Waals surface area (Å²) in [6, 6.07) is 0. The SMILES string of the molecule is COC(=O)CCCCCCCCCCCCCCCI. The van der Waals surface area contributed by atoms with E-state index >= 15 is 0 Å². The minimum absolute atomic E-state index is 0.0662. The highest BCUT2D eigenvalue weighted by molar-refractivity contribution is 14.1. The number of ether oxygens (including phenoxy) is 1. The Morgan fingerprint density at radius 3 is 1.40 bits per heavy atom. The molecule has 0 aliphatic rings. The molecular formula is C17H33IO2. The summed E-state index contributed by atoms with van der Waals surface area (Å²) in [4.78, 5) is 10.9. The zero-order valence-electron chi connectivity index (χ0n) is 13.3. The average molecular weight is 396 g/mol. The van der Waals surface area contributed by atoms with E-state index in [0.717, 1.165) is 6.42 Å². The van der Waals surface area contributed by atoms with Gasteiger partial charge in [0.1, 0.15) is 0 Å². The maximum absolute atomic E-state index is 10.9. The smallest absolute Gasteiger partial charge is 0.305 e. The summed E-state index contributed by atoms with van der Waals surface area (Å²) in [5.41, 5.74) is 0. The van der Waals surface area contributed by atoms with Crippen molar-refractivity contribution in [2.24, 2.45) is 0 Å². The van der Waals surface area contributed by atoms with Gasteiger partial charge in [-0.25, -0.2) is 0 Å². The van der Waals surface area contributed by atoms with E-state index in [1.807, 2.05) is 0 Å². The molecule has 0 aromatic rings. The number of carbonyl (C=O) groups excluding carboxylic acids is 1. The fourth-order valence-electron chi connectivity index (χ4n) is 2.41. The highest BCUT2D eigenvalue weighted by Crippen LogP contribution is 2.13. The molecule has 0 fully saturated rings. The number of methoxy groups -OCH3 is 1. The average Bonchev–Trinajstić information content (AvgIpc) is 2.47. The first-order valence-electron chi connectivity index (χ1n) is 8.44. The van der Waals surface area contributed by atoms with Gasteiger partial charge in [-0.2, -0.15) is 0 Å². The number of esters is 1. The van der Waals surface area contributed by atoms with Crippen LogP contribution in [0, 0.1) is 0 Å². The van der Waals surface area contributed by atoms with Crippen LogP contribution in [0.25, 0.3) is 0 Å². The molecule has 0 atom stereocenters. The molecule has 0 aromatic heterocycles. The van der Waals surface area contributed by atoms with Crippen LogP contribution in [0.2, 0.25) is 0 Å². The third kappa shape index (κ3) is 16.3. The molecule has 0 spiro atoms. The lowest BCUT2D eigenvalue weighted by atomic mass is 10.0. The first-order chi connectivity index (χ1) is 9.81. The van der Waals surface area contributed by atoms with Gasteiger partial charge in [-0.1, -0.05) is 93.2 Å². The summed E-state index contributed by atoms with van der Waals surface area (Å²) in [7, 11) is 1.46. The van der Waals surface area contributed by atoms with Crippen molar-refractivity contribution in [1.29, 1.82) is 0 Å². The molecule has 0 saturated heterocycles. The van der Waals surface area contributed by atoms with Crippen LogP contribution in [0.1, 0.15) is 89.9 Å². The van der Waals surface area contributed by atoms with E-state index in [1.54, 1.807) is 0 Å². The molecule has 0 rings (SSSR count). The third-order valence-electron chi connectivity index (χ3n) is 3.74. The predicted molar refractivity (Wildman–Crippen MR) is 95.5 cm³/mol. The zero-order valence-corrected chi connectivity index (χ0v) is 15.5. The minimum Gasteiger partial charge on any atom is -0.469 e. The van der Waals surface area contributed by atoms with Crippen LogP contribution in [0.3, 0.4) is 0 Å². The van der Waals surface area contributed by atoms with Crippen LogP contribution in [0.5, 0.6) is 0 Å². The van der Waals surface area contributed by atoms with Crippen LogP contribution >= 0.6 is 22.6 Å². The van der Waals surface area contributed by atoms with Crippen LogP contribution in [0.15, 0.2) is 0 Å². The van der Waals surface area contributed by atoms with E-state index in [9.17, 15) is 4.79 Å². The predicted octanol–water partition coefficient (Wildman–Crippen LogP) is 6.06. The standard InChI is InChI=1S/C17H33IO2/c1-20-17(19)15-13-11-9-7-5-3-2-4-6-8-10-12-14-16-18/h2-16H2,1H3. The van der Waals surface area contributed by atoms with Crippen molar-refractivity contribution in [3.05, 3.63) is 0 Å². The van der Waals surface area contributed by atoms with Gasteiger partial charge in [0.15, 0.2) is 0 Å². The molecule has 0 radical (unpaired) electrons. The van der Waals surface area contributed by atoms with Gasteiger partial charge >= 0.3 is 5.97 Å². The number of unbranched alkanes of at least 4 members (excludes halogenated alkanes) is 12. The summed E-state index contributed by atoms with van der Waals surface area (Å²) in [6.07, 6.45) is 18.1. The van der Waals surface area contributed by atoms with Gasteiger partial charge in [0.2, 0.25) is 0 Å². The van der Waals surface area contributed by atoms with Crippen molar-refractivity contribution in [1.82, 2.24) is 0 Å². The quantitative estimate of drug-likeness (QED) is 0.146. The summed E-state index contributed by atoms with van der Waals surface area (Å²) >= 11 is 2.46. The van der Waals surface area contributed by atoms with Gasteiger partial charge in [-0.3, -0.25) is 4.79 Å². The number of rotatable bonds is 15. The molecule has 0 amide bonds. The molecular weight excluding hydrogens is 363 g/mol. The lowest BCUT2D eigenvalue weighted by Crippen LogP contribution is -1.99. The number of hydrogen-bond acceptors (Lipinski definition) is 2. The lowest BCUT2D eigenvalue weighted by Gasteiger charge is -2.03. The zero-order chi connectivity index (χ0) is 14.9. The Kier molecular flexibility index (Phi) is 17.4. The minimum atomic E-state index is -0.0662. The topological polar surface area (TPSA) is 26.3 Å². The number of alkyl halides is 1. The number of halogens is 1. The van der Waals surface area contributed by atoms with E-state index in [0.29, 0.717) is 6.42 Å². The molecule has 0 saturated carbocycles. The van der Waals surface area contributed by atoms with Gasteiger partial charge in [0.05, 0.1) is 7.11 Å². The van der Waals surface area contributed by atoms with Crippen LogP contribution in [-0.2, 0) is 9.53 Å². The lowest BCUT2D eigenvalue weighted by molar-refractivity contribution is -0.140. The van der Waals surface area contributed by atoms with Crippen LogP contribution < -0.4 is 0 Å². The van der Waals surface area contributed by atoms with E-state index in [2.05, 4.69) is 27.3 Å². The summed E-state index contributed by atoms with van der Waals surface area (Å²) < 4.78 is 5.94. The Labute approximate surface area is 139 Å². The van der Waals surface area contributed by atoms with Crippen LogP contribution in [-0.4, -0.2) is 17.5 Å². The van der Waals surface area contributed by atoms with E-state index in [1.165, 1.54) is 88.6 Å². The van der Waals surface area contributed by atoms with Crippen molar-refractivity contribution in [3.8, 4) is 0 Å². The molecule has 0 heterocycles. The van der Waals surface area contributed by atoms with Gasteiger partial charge in [-0.15, -0.1) is 0 Å². The van der Waals surface area contributed by atoms with Crippen LogP contribution in [0.4, 0.5) is 0 Å². The highest BCUT2D eigenvalue weighted by Gasteiger charge is 1.99. The normalized spacial score (nSPS) is 10.7. The molecule has 0 N–H and O–H groups in total. The fraction of sp³-hybridized carbons (Fsp3) is 0.941. The largest absolute Gasteiger partial charge is 0.469 e. The van der Waals surface area contributed by atoms with Gasteiger partial charge < -0.3 is 4.74 Å². The van der Waals surface area contributed by atoms with Gasteiger partial charge in [-0.05, 0) is 17.3 Å². The molecule has 0 bridgehead atoms. The van der Waals surface area contributed by atoms with E-state index in [4.69, 9.17) is 0 Å². The summed E-state index contributed by atoms with van der Waals surface area (Å²) in [6.45, 7) is 0. The Morgan fingerprint density at radius 2 is 1.05 bits per heavy atom. The Bertz CT molecular complexity index is 207. The summed E-state index contributed by atoms with van der Waals surface area (Å²) in [5, 5.41) is 0. The molecule has 2 nitrogen and oxygen atoms in total. The first kappa shape index (κ1) is 20.2. The molecule has 20 heavy (non-hydrogen) atoms. The molecule has 120 valence electrons. The van der Waals surface area contributed by atoms with Crippen molar-refractivity contribution < 1.29 is 9.53 Å². The second kappa shape index (κ2) is 17.3. The second-order valence-corrected chi connectivity index (χ2v) is 6.69. The number of hydrogen-bond donors (Lipinski definition) is 0. The fourth-order valence-corrected chi connectivity index (χ4v) is 2.95. The molecule has 0 aliphatic carbocycles. The maximum Gasteiger partial charge on any atom is 0.305 e. The van der Waals surface area contributed by atoms with E-state index < -0.39 is 0 Å². The Morgan fingerprint density at radius 1 is 0.700 bits per heavy atom. The summed E-state index contributed by atoms with van der Waals surface area (Å²) in [5.74, 6) is -0.0662. The van der Waals surface area contributed by atoms with Crippen molar-refractivity contribution in [2.45, 2.75) is 89.9 Å².